The van der Waals surface area contributed by atoms with E-state index in [1.165, 1.54) is 0 Å². The van der Waals surface area contributed by atoms with E-state index >= 15 is 0 Å². The minimum absolute atomic E-state index is 0.739. The monoisotopic (exact) mass is 139 g/mol. The van der Waals surface area contributed by atoms with E-state index in [1.807, 2.05) is 0 Å². The highest BCUT2D eigenvalue weighted by molar-refractivity contribution is 4.84. The smallest absolute Gasteiger partial charge is 0.0214 e. The quantitative estimate of drug-likeness (QED) is 0.535. The Labute approximate surface area is 64.4 Å². The molecule has 0 bridgehead atoms. The molecule has 0 saturated carbocycles. The topological polar surface area (TPSA) is 3.24 Å². The fraction of sp³-hybridized carbons (Fsp3) is 0.778. The summed E-state index contributed by atoms with van der Waals surface area (Å²) in [6.45, 7) is 6.59. The average molecular weight is 139 g/mol. The predicted molar refractivity (Wildman–Crippen MR) is 45.8 cm³/mol. The van der Waals surface area contributed by atoms with E-state index in [0.29, 0.717) is 0 Å². The van der Waals surface area contributed by atoms with Gasteiger partial charge >= 0.3 is 0 Å². The fourth-order valence-corrected chi connectivity index (χ4v) is 0.970. The molecule has 0 heterocycles. The van der Waals surface area contributed by atoms with Crippen molar-refractivity contribution in [2.45, 2.75) is 20.3 Å². The van der Waals surface area contributed by atoms with Crippen molar-refractivity contribution in [1.82, 2.24) is 4.90 Å². The van der Waals surface area contributed by atoms with Crippen LogP contribution < -0.4 is 0 Å². The molecule has 0 aromatic heterocycles. The van der Waals surface area contributed by atoms with Crippen LogP contribution in [0.1, 0.15) is 20.3 Å². The summed E-state index contributed by atoms with van der Waals surface area (Å²) in [5.41, 5.74) is 0. The van der Waals surface area contributed by atoms with Crippen molar-refractivity contribution in [2.24, 2.45) is 5.92 Å². The van der Waals surface area contributed by atoms with Crippen LogP contribution in [0, 0.1) is 18.3 Å². The van der Waals surface area contributed by atoms with Gasteiger partial charge in [0.1, 0.15) is 0 Å². The summed E-state index contributed by atoms with van der Waals surface area (Å²) in [5.74, 6) is 3.37. The average Bonchev–Trinajstić information content (AvgIpc) is 1.82. The molecule has 0 aliphatic rings. The van der Waals surface area contributed by atoms with Crippen molar-refractivity contribution < 1.29 is 0 Å². The summed E-state index contributed by atoms with van der Waals surface area (Å²) < 4.78 is 0. The highest BCUT2D eigenvalue weighted by Crippen LogP contribution is 1.95. The molecule has 1 heteroatoms. The Balaban J connectivity index is 3.27. The largest absolute Gasteiger partial charge is 0.305 e. The number of hydrogen-bond acceptors (Lipinski definition) is 1. The molecule has 0 aromatic rings. The standard InChI is InChI=1S/C9H17N/c1-5-6-7-10(4)8-9(2)3/h1,9H,6-8H2,2-4H3. The van der Waals surface area contributed by atoms with Crippen LogP contribution in [-0.4, -0.2) is 25.0 Å². The van der Waals surface area contributed by atoms with Crippen LogP contribution in [0.2, 0.25) is 0 Å². The molecule has 58 valence electrons. The van der Waals surface area contributed by atoms with Gasteiger partial charge in [0.25, 0.3) is 0 Å². The lowest BCUT2D eigenvalue weighted by Crippen LogP contribution is -2.23. The number of nitrogens with zero attached hydrogens (tertiary/aromatic N) is 1. The van der Waals surface area contributed by atoms with Crippen LogP contribution in [0.25, 0.3) is 0 Å². The summed E-state index contributed by atoms with van der Waals surface area (Å²) in [6.07, 6.45) is 6.00. The summed E-state index contributed by atoms with van der Waals surface area (Å²) >= 11 is 0. The molecule has 0 aliphatic heterocycles. The Morgan fingerprint density at radius 2 is 2.10 bits per heavy atom. The van der Waals surface area contributed by atoms with E-state index in [0.717, 1.165) is 25.4 Å². The van der Waals surface area contributed by atoms with Crippen LogP contribution in [0.3, 0.4) is 0 Å². The van der Waals surface area contributed by atoms with Gasteiger partial charge in [-0.25, -0.2) is 0 Å². The summed E-state index contributed by atoms with van der Waals surface area (Å²) in [6, 6.07) is 0. The lowest BCUT2D eigenvalue weighted by Gasteiger charge is -2.16. The molecule has 0 unspecified atom stereocenters. The molecule has 0 amide bonds. The van der Waals surface area contributed by atoms with Gasteiger partial charge in [0.15, 0.2) is 0 Å². The molecule has 1 nitrogen and oxygen atoms in total. The zero-order valence-electron chi connectivity index (χ0n) is 7.22. The van der Waals surface area contributed by atoms with Gasteiger partial charge in [-0.2, -0.15) is 0 Å². The predicted octanol–water partition coefficient (Wildman–Crippen LogP) is 1.60. The summed E-state index contributed by atoms with van der Waals surface area (Å²) in [4.78, 5) is 2.27. The molecule has 0 spiro atoms. The Morgan fingerprint density at radius 3 is 2.50 bits per heavy atom. The van der Waals surface area contributed by atoms with Gasteiger partial charge in [0.2, 0.25) is 0 Å². The third kappa shape index (κ3) is 5.65. The first kappa shape index (κ1) is 9.52. The van der Waals surface area contributed by atoms with Gasteiger partial charge in [-0.15, -0.1) is 12.3 Å². The number of terminal acetylenes is 1. The van der Waals surface area contributed by atoms with Crippen molar-refractivity contribution in [1.29, 1.82) is 0 Å². The molecular weight excluding hydrogens is 122 g/mol. The van der Waals surface area contributed by atoms with Gasteiger partial charge in [-0.3, -0.25) is 0 Å². The molecule has 0 N–H and O–H groups in total. The molecule has 10 heavy (non-hydrogen) atoms. The molecule has 0 aromatic carbocycles. The van der Waals surface area contributed by atoms with E-state index in [9.17, 15) is 0 Å². The zero-order valence-corrected chi connectivity index (χ0v) is 7.22. The van der Waals surface area contributed by atoms with Crippen LogP contribution in [0.4, 0.5) is 0 Å². The van der Waals surface area contributed by atoms with Gasteiger partial charge < -0.3 is 4.90 Å². The second-order valence-corrected chi connectivity index (χ2v) is 3.11. The molecule has 0 rings (SSSR count). The maximum Gasteiger partial charge on any atom is 0.0214 e. The zero-order chi connectivity index (χ0) is 7.98. The van der Waals surface area contributed by atoms with E-state index in [1.54, 1.807) is 0 Å². The minimum Gasteiger partial charge on any atom is -0.305 e. The van der Waals surface area contributed by atoms with Crippen LogP contribution in [0.15, 0.2) is 0 Å². The maximum absolute atomic E-state index is 5.13. The Morgan fingerprint density at radius 1 is 1.50 bits per heavy atom. The van der Waals surface area contributed by atoms with Gasteiger partial charge in [0.05, 0.1) is 0 Å². The van der Waals surface area contributed by atoms with Crippen molar-refractivity contribution in [3.8, 4) is 12.3 Å². The second kappa shape index (κ2) is 5.32. The number of rotatable bonds is 4. The van der Waals surface area contributed by atoms with E-state index < -0.39 is 0 Å². The van der Waals surface area contributed by atoms with E-state index in [2.05, 4.69) is 31.7 Å². The van der Waals surface area contributed by atoms with Gasteiger partial charge in [0, 0.05) is 19.5 Å². The van der Waals surface area contributed by atoms with E-state index in [4.69, 9.17) is 6.42 Å². The van der Waals surface area contributed by atoms with Crippen molar-refractivity contribution in [3.63, 3.8) is 0 Å². The highest BCUT2D eigenvalue weighted by atomic mass is 15.1. The van der Waals surface area contributed by atoms with Crippen LogP contribution in [-0.2, 0) is 0 Å². The minimum atomic E-state index is 0.739. The van der Waals surface area contributed by atoms with Gasteiger partial charge in [-0.05, 0) is 13.0 Å². The third-order valence-electron chi connectivity index (χ3n) is 1.31. The fourth-order valence-electron chi connectivity index (χ4n) is 0.970. The highest BCUT2D eigenvalue weighted by Gasteiger charge is 1.98. The lowest BCUT2D eigenvalue weighted by molar-refractivity contribution is 0.302. The van der Waals surface area contributed by atoms with Crippen molar-refractivity contribution in [3.05, 3.63) is 0 Å². The van der Waals surface area contributed by atoms with Crippen molar-refractivity contribution >= 4 is 0 Å². The summed E-state index contributed by atoms with van der Waals surface area (Å²) in [5, 5.41) is 0. The SMILES string of the molecule is C#CCCN(C)CC(C)C. The normalized spacial score (nSPS) is 10.4. The van der Waals surface area contributed by atoms with Gasteiger partial charge in [-0.1, -0.05) is 13.8 Å². The third-order valence-corrected chi connectivity index (χ3v) is 1.31. The first-order valence-corrected chi connectivity index (χ1v) is 3.78. The van der Waals surface area contributed by atoms with E-state index in [-0.39, 0.29) is 0 Å². The lowest BCUT2D eigenvalue weighted by atomic mass is 10.2. The summed E-state index contributed by atoms with van der Waals surface area (Å²) in [7, 11) is 2.11. The molecule has 0 radical (unpaired) electrons. The first-order valence-electron chi connectivity index (χ1n) is 3.78. The Hall–Kier alpha value is -0.480. The maximum atomic E-state index is 5.13. The second-order valence-electron chi connectivity index (χ2n) is 3.11. The molecule has 0 aliphatic carbocycles. The Kier molecular flexibility index (Phi) is 5.06. The molecule has 0 fully saturated rings. The first-order chi connectivity index (χ1) is 4.66. The molecule has 0 atom stereocenters. The number of hydrogen-bond donors (Lipinski definition) is 0. The molecule has 0 saturated heterocycles. The molecular formula is C9H17N. The Bertz CT molecular complexity index is 110. The van der Waals surface area contributed by atoms with Crippen LogP contribution in [0.5, 0.6) is 0 Å². The van der Waals surface area contributed by atoms with Crippen molar-refractivity contribution in [2.75, 3.05) is 20.1 Å². The van der Waals surface area contributed by atoms with Crippen LogP contribution >= 0.6 is 0 Å².